The van der Waals surface area contributed by atoms with Crippen molar-refractivity contribution in [1.82, 2.24) is 5.32 Å². The van der Waals surface area contributed by atoms with Gasteiger partial charge in [-0.05, 0) is 82.4 Å². The molecule has 0 saturated carbocycles. The molecule has 7 heteroatoms. The zero-order valence-electron chi connectivity index (χ0n) is 12.6. The van der Waals surface area contributed by atoms with Crippen LogP contribution in [0, 0.1) is 3.57 Å². The number of methoxy groups -OCH3 is 1. The summed E-state index contributed by atoms with van der Waals surface area (Å²) in [6, 6.07) is 12.6. The first kappa shape index (κ1) is 16.8. The number of phenolic OH excluding ortho intramolecular Hbond substituents is 1. The second kappa shape index (κ2) is 7.27. The Hall–Kier alpha value is -2.00. The number of hydrogen-bond acceptors (Lipinski definition) is 5. The highest BCUT2D eigenvalue weighted by Gasteiger charge is 2.23. The number of amidine groups is 1. The Bertz CT molecular complexity index is 847. The van der Waals surface area contributed by atoms with E-state index in [1.54, 1.807) is 18.2 Å². The van der Waals surface area contributed by atoms with E-state index in [0.29, 0.717) is 15.8 Å². The van der Waals surface area contributed by atoms with Crippen molar-refractivity contribution >= 4 is 57.2 Å². The maximum absolute atomic E-state index is 12.1. The monoisotopic (exact) mass is 452 g/mol. The van der Waals surface area contributed by atoms with Crippen LogP contribution in [0.1, 0.15) is 5.56 Å². The van der Waals surface area contributed by atoms with Gasteiger partial charge in [0.05, 0.1) is 17.7 Å². The molecule has 1 saturated heterocycles. The summed E-state index contributed by atoms with van der Waals surface area (Å²) >= 11 is 3.50. The van der Waals surface area contributed by atoms with E-state index in [1.807, 2.05) is 24.3 Å². The topological polar surface area (TPSA) is 70.9 Å². The van der Waals surface area contributed by atoms with Gasteiger partial charge in [-0.25, -0.2) is 4.99 Å². The number of amides is 1. The van der Waals surface area contributed by atoms with Crippen LogP contribution < -0.4 is 10.1 Å². The maximum atomic E-state index is 12.1. The van der Waals surface area contributed by atoms with Crippen LogP contribution in [0.2, 0.25) is 0 Å². The van der Waals surface area contributed by atoms with Gasteiger partial charge in [-0.3, -0.25) is 4.79 Å². The van der Waals surface area contributed by atoms with Gasteiger partial charge in [-0.15, -0.1) is 0 Å². The Kier molecular flexibility index (Phi) is 5.10. The molecule has 1 heterocycles. The fourth-order valence-electron chi connectivity index (χ4n) is 2.05. The molecule has 5 nitrogen and oxygen atoms in total. The summed E-state index contributed by atoms with van der Waals surface area (Å²) in [6.07, 6.45) is 1.73. The van der Waals surface area contributed by atoms with Crippen molar-refractivity contribution in [2.24, 2.45) is 4.99 Å². The number of rotatable bonds is 3. The van der Waals surface area contributed by atoms with E-state index in [0.717, 1.165) is 14.8 Å². The molecule has 2 aromatic carbocycles. The summed E-state index contributed by atoms with van der Waals surface area (Å²) in [6.45, 7) is 0. The smallest absolute Gasteiger partial charge is 0.264 e. The number of nitrogens with zero attached hydrogens (tertiary/aromatic N) is 1. The maximum Gasteiger partial charge on any atom is 0.264 e. The van der Waals surface area contributed by atoms with Gasteiger partial charge in [0.2, 0.25) is 0 Å². The Morgan fingerprint density at radius 2 is 2.00 bits per heavy atom. The average Bonchev–Trinajstić information content (AvgIpc) is 2.91. The van der Waals surface area contributed by atoms with Crippen molar-refractivity contribution in [2.75, 3.05) is 7.11 Å². The second-order valence-corrected chi connectivity index (χ2v) is 7.17. The van der Waals surface area contributed by atoms with E-state index in [9.17, 15) is 9.90 Å². The third-order valence-corrected chi connectivity index (χ3v) is 4.84. The van der Waals surface area contributed by atoms with Crippen LogP contribution in [0.5, 0.6) is 11.5 Å². The minimum Gasteiger partial charge on any atom is -0.504 e. The molecule has 24 heavy (non-hydrogen) atoms. The van der Waals surface area contributed by atoms with Gasteiger partial charge >= 0.3 is 0 Å². The molecule has 0 bridgehead atoms. The van der Waals surface area contributed by atoms with E-state index >= 15 is 0 Å². The quantitative estimate of drug-likeness (QED) is 0.548. The standard InChI is InChI=1S/C17H13IN2O3S/c1-23-14-8-10(2-7-13(14)21)9-15-16(22)20-17(24-15)19-12-5-3-11(18)4-6-12/h2-9,21H,1H3,(H,19,20,22)/b15-9+. The highest BCUT2D eigenvalue weighted by molar-refractivity contribution is 14.1. The Morgan fingerprint density at radius 3 is 2.71 bits per heavy atom. The van der Waals surface area contributed by atoms with Gasteiger partial charge in [0.15, 0.2) is 16.7 Å². The number of carbonyl (C=O) groups excluding carboxylic acids is 1. The van der Waals surface area contributed by atoms with Crippen LogP contribution in [0.25, 0.3) is 6.08 Å². The molecular weight excluding hydrogens is 439 g/mol. The first-order chi connectivity index (χ1) is 11.5. The average molecular weight is 452 g/mol. The molecule has 0 aliphatic carbocycles. The number of nitrogens with one attached hydrogen (secondary N) is 1. The molecule has 3 rings (SSSR count). The lowest BCUT2D eigenvalue weighted by molar-refractivity contribution is -0.115. The van der Waals surface area contributed by atoms with Crippen molar-refractivity contribution in [3.63, 3.8) is 0 Å². The number of aliphatic imine (C=N–C) groups is 1. The number of thioether (sulfide) groups is 1. The highest BCUT2D eigenvalue weighted by atomic mass is 127. The number of phenols is 1. The zero-order chi connectivity index (χ0) is 17.1. The van der Waals surface area contributed by atoms with Crippen LogP contribution in [0.15, 0.2) is 52.4 Å². The summed E-state index contributed by atoms with van der Waals surface area (Å²) in [4.78, 5) is 17.1. The highest BCUT2D eigenvalue weighted by Crippen LogP contribution is 2.31. The number of benzene rings is 2. The van der Waals surface area contributed by atoms with E-state index in [1.165, 1.54) is 24.9 Å². The molecule has 1 fully saturated rings. The third-order valence-electron chi connectivity index (χ3n) is 3.21. The van der Waals surface area contributed by atoms with Crippen LogP contribution >= 0.6 is 34.4 Å². The predicted octanol–water partition coefficient (Wildman–Crippen LogP) is 3.90. The molecular formula is C17H13IN2O3S. The zero-order valence-corrected chi connectivity index (χ0v) is 15.6. The summed E-state index contributed by atoms with van der Waals surface area (Å²) in [7, 11) is 1.48. The van der Waals surface area contributed by atoms with Crippen molar-refractivity contribution in [3.05, 3.63) is 56.5 Å². The summed E-state index contributed by atoms with van der Waals surface area (Å²) < 4.78 is 6.20. The molecule has 0 spiro atoms. The van der Waals surface area contributed by atoms with Gasteiger partial charge in [0.1, 0.15) is 0 Å². The summed E-state index contributed by atoms with van der Waals surface area (Å²) in [5, 5.41) is 12.9. The summed E-state index contributed by atoms with van der Waals surface area (Å²) in [5.74, 6) is 0.223. The Morgan fingerprint density at radius 1 is 1.25 bits per heavy atom. The van der Waals surface area contributed by atoms with Crippen LogP contribution in [-0.4, -0.2) is 23.3 Å². The SMILES string of the molecule is COc1cc(/C=C2/SC(=Nc3ccc(I)cc3)NC2=O)ccc1O. The van der Waals surface area contributed by atoms with E-state index in [4.69, 9.17) is 4.74 Å². The molecule has 2 N–H and O–H groups in total. The lowest BCUT2D eigenvalue weighted by Crippen LogP contribution is -2.19. The number of carbonyl (C=O) groups is 1. The van der Waals surface area contributed by atoms with Gasteiger partial charge < -0.3 is 15.2 Å². The van der Waals surface area contributed by atoms with E-state index < -0.39 is 0 Å². The van der Waals surface area contributed by atoms with Crippen molar-refractivity contribution in [2.45, 2.75) is 0 Å². The van der Waals surface area contributed by atoms with Gasteiger partial charge in [-0.2, -0.15) is 0 Å². The van der Waals surface area contributed by atoms with E-state index in [-0.39, 0.29) is 11.7 Å². The van der Waals surface area contributed by atoms with Gasteiger partial charge in [-0.1, -0.05) is 6.07 Å². The number of aromatic hydroxyl groups is 1. The molecule has 0 unspecified atom stereocenters. The van der Waals surface area contributed by atoms with Crippen molar-refractivity contribution in [1.29, 1.82) is 0 Å². The molecule has 0 atom stereocenters. The normalized spacial score (nSPS) is 17.3. The molecule has 1 aliphatic rings. The minimum absolute atomic E-state index is 0.0594. The molecule has 1 aliphatic heterocycles. The lowest BCUT2D eigenvalue weighted by Gasteiger charge is -2.03. The Labute approximate surface area is 157 Å². The third kappa shape index (κ3) is 3.90. The van der Waals surface area contributed by atoms with Crippen LogP contribution in [-0.2, 0) is 4.79 Å². The Balaban J connectivity index is 1.83. The molecule has 1 amide bonds. The van der Waals surface area contributed by atoms with E-state index in [2.05, 4.69) is 32.9 Å². The molecule has 2 aromatic rings. The molecule has 0 radical (unpaired) electrons. The van der Waals surface area contributed by atoms with Crippen LogP contribution in [0.4, 0.5) is 5.69 Å². The largest absolute Gasteiger partial charge is 0.504 e. The minimum atomic E-state index is -0.198. The number of ether oxygens (including phenoxy) is 1. The number of halogens is 1. The van der Waals surface area contributed by atoms with Crippen molar-refractivity contribution in [3.8, 4) is 11.5 Å². The molecule has 122 valence electrons. The predicted molar refractivity (Wildman–Crippen MR) is 105 cm³/mol. The van der Waals surface area contributed by atoms with Gasteiger partial charge in [0.25, 0.3) is 5.91 Å². The number of hydrogen-bond donors (Lipinski definition) is 2. The molecule has 0 aromatic heterocycles. The second-order valence-electron chi connectivity index (χ2n) is 4.89. The fourth-order valence-corrected chi connectivity index (χ4v) is 3.25. The first-order valence-electron chi connectivity index (χ1n) is 6.97. The van der Waals surface area contributed by atoms with Gasteiger partial charge in [0, 0.05) is 3.57 Å². The lowest BCUT2D eigenvalue weighted by atomic mass is 10.2. The van der Waals surface area contributed by atoms with Crippen LogP contribution in [0.3, 0.4) is 0 Å². The van der Waals surface area contributed by atoms with Crippen molar-refractivity contribution < 1.29 is 14.6 Å². The fraction of sp³-hybridized carbons (Fsp3) is 0.0588. The summed E-state index contributed by atoms with van der Waals surface area (Å²) in [5.41, 5.74) is 1.54. The first-order valence-corrected chi connectivity index (χ1v) is 8.87.